The maximum absolute atomic E-state index is 11.4. The van der Waals surface area contributed by atoms with Crippen LogP contribution in [0.5, 0.6) is 0 Å². The minimum atomic E-state index is -2.90. The van der Waals surface area contributed by atoms with Gasteiger partial charge in [-0.1, -0.05) is 0 Å². The Labute approximate surface area is 83.8 Å². The van der Waals surface area contributed by atoms with Crippen molar-refractivity contribution in [2.24, 2.45) is 11.7 Å². The van der Waals surface area contributed by atoms with Crippen molar-refractivity contribution in [3.05, 3.63) is 0 Å². The van der Waals surface area contributed by atoms with Gasteiger partial charge in [0.1, 0.15) is 5.78 Å². The van der Waals surface area contributed by atoms with Gasteiger partial charge in [0, 0.05) is 18.4 Å². The van der Waals surface area contributed by atoms with E-state index in [1.165, 1.54) is 0 Å². The van der Waals surface area contributed by atoms with Crippen LogP contribution >= 0.6 is 0 Å². The molecule has 1 aliphatic carbocycles. The molecule has 1 saturated heterocycles. The lowest BCUT2D eigenvalue weighted by molar-refractivity contribution is -0.129. The van der Waals surface area contributed by atoms with Gasteiger partial charge in [-0.25, -0.2) is 8.42 Å². The van der Waals surface area contributed by atoms with E-state index in [0.29, 0.717) is 19.3 Å². The highest BCUT2D eigenvalue weighted by molar-refractivity contribution is 7.91. The number of carbonyl (C=O) groups excluding carboxylic acids is 1. The van der Waals surface area contributed by atoms with Crippen LogP contribution < -0.4 is 5.73 Å². The Morgan fingerprint density at radius 1 is 1.36 bits per heavy atom. The summed E-state index contributed by atoms with van der Waals surface area (Å²) < 4.78 is 22.8. The molecule has 0 aromatic carbocycles. The predicted octanol–water partition coefficient (Wildman–Crippen LogP) is -0.128. The number of ketones is 1. The number of carbonyl (C=O) groups is 1. The zero-order chi connectivity index (χ0) is 10.4. The Hall–Kier alpha value is -0.420. The number of nitrogens with two attached hydrogens (primary N) is 1. The van der Waals surface area contributed by atoms with E-state index in [0.717, 1.165) is 6.42 Å². The summed E-state index contributed by atoms with van der Waals surface area (Å²) in [5.74, 6) is 0.624. The Morgan fingerprint density at radius 3 is 2.50 bits per heavy atom. The molecule has 0 radical (unpaired) electrons. The zero-order valence-electron chi connectivity index (χ0n) is 8.03. The van der Waals surface area contributed by atoms with Crippen LogP contribution in [0.4, 0.5) is 0 Å². The average Bonchev–Trinajstić information content (AvgIpc) is 1.99. The van der Waals surface area contributed by atoms with Crippen LogP contribution in [0.2, 0.25) is 0 Å². The lowest BCUT2D eigenvalue weighted by Gasteiger charge is -2.44. The van der Waals surface area contributed by atoms with E-state index in [4.69, 9.17) is 5.73 Å². The molecule has 14 heavy (non-hydrogen) atoms. The van der Waals surface area contributed by atoms with Crippen LogP contribution in [0, 0.1) is 5.92 Å². The monoisotopic (exact) mass is 217 g/mol. The molecule has 0 amide bonds. The first-order valence-electron chi connectivity index (χ1n) is 4.92. The molecule has 0 aromatic rings. The van der Waals surface area contributed by atoms with Crippen molar-refractivity contribution in [3.63, 3.8) is 0 Å². The Morgan fingerprint density at radius 2 is 2.00 bits per heavy atom. The lowest BCUT2D eigenvalue weighted by atomic mass is 9.67. The van der Waals surface area contributed by atoms with Gasteiger partial charge in [-0.3, -0.25) is 4.79 Å². The van der Waals surface area contributed by atoms with Gasteiger partial charge in [-0.2, -0.15) is 0 Å². The molecule has 1 saturated carbocycles. The maximum Gasteiger partial charge on any atom is 0.150 e. The molecule has 80 valence electrons. The molecule has 4 nitrogen and oxygen atoms in total. The second kappa shape index (κ2) is 3.03. The van der Waals surface area contributed by atoms with Crippen molar-refractivity contribution >= 4 is 15.6 Å². The molecular weight excluding hydrogens is 202 g/mol. The smallest absolute Gasteiger partial charge is 0.150 e. The Bertz CT molecular complexity index is 352. The van der Waals surface area contributed by atoms with E-state index < -0.39 is 15.4 Å². The van der Waals surface area contributed by atoms with Crippen molar-refractivity contribution in [1.82, 2.24) is 0 Å². The van der Waals surface area contributed by atoms with Crippen molar-refractivity contribution < 1.29 is 13.2 Å². The normalized spacial score (nSPS) is 34.9. The summed E-state index contributed by atoms with van der Waals surface area (Å²) in [6, 6.07) is 0. The standard InChI is InChI=1S/C9H15NO3S/c10-9(4-8(11)5-9)7-2-1-3-14(12,13)6-7/h7H,1-6,10H2. The van der Waals surface area contributed by atoms with Crippen molar-refractivity contribution in [2.75, 3.05) is 11.5 Å². The van der Waals surface area contributed by atoms with E-state index in [9.17, 15) is 13.2 Å². The van der Waals surface area contributed by atoms with Gasteiger partial charge < -0.3 is 5.73 Å². The second-order valence-corrected chi connectivity index (χ2v) is 6.81. The molecule has 1 unspecified atom stereocenters. The minimum Gasteiger partial charge on any atom is -0.324 e. The highest BCUT2D eigenvalue weighted by atomic mass is 32.2. The van der Waals surface area contributed by atoms with Gasteiger partial charge >= 0.3 is 0 Å². The van der Waals surface area contributed by atoms with Crippen LogP contribution in [-0.4, -0.2) is 31.2 Å². The quantitative estimate of drug-likeness (QED) is 0.664. The van der Waals surface area contributed by atoms with E-state index >= 15 is 0 Å². The first kappa shape index (κ1) is 10.1. The fourth-order valence-corrected chi connectivity index (χ4v) is 4.33. The summed E-state index contributed by atoms with van der Waals surface area (Å²) in [6.45, 7) is 0. The van der Waals surface area contributed by atoms with Crippen LogP contribution in [0.3, 0.4) is 0 Å². The number of Topliss-reactive ketones (excluding diaryl/α,β-unsaturated/α-hetero) is 1. The van der Waals surface area contributed by atoms with E-state index in [-0.39, 0.29) is 23.2 Å². The van der Waals surface area contributed by atoms with E-state index in [2.05, 4.69) is 0 Å². The molecule has 0 aromatic heterocycles. The fourth-order valence-electron chi connectivity index (χ4n) is 2.45. The van der Waals surface area contributed by atoms with E-state index in [1.54, 1.807) is 0 Å². The maximum atomic E-state index is 11.4. The van der Waals surface area contributed by atoms with Crippen LogP contribution in [0.1, 0.15) is 25.7 Å². The Kier molecular flexibility index (Phi) is 2.19. The molecule has 2 rings (SSSR count). The summed E-state index contributed by atoms with van der Waals surface area (Å²) in [5.41, 5.74) is 5.49. The van der Waals surface area contributed by atoms with Gasteiger partial charge in [0.25, 0.3) is 0 Å². The fraction of sp³-hybridized carbons (Fsp3) is 0.889. The van der Waals surface area contributed by atoms with Crippen LogP contribution in [0.25, 0.3) is 0 Å². The van der Waals surface area contributed by atoms with Crippen LogP contribution in [-0.2, 0) is 14.6 Å². The van der Waals surface area contributed by atoms with Crippen molar-refractivity contribution in [3.8, 4) is 0 Å². The lowest BCUT2D eigenvalue weighted by Crippen LogP contribution is -2.60. The molecule has 2 N–H and O–H groups in total. The number of rotatable bonds is 1. The summed E-state index contributed by atoms with van der Waals surface area (Å²) in [4.78, 5) is 10.9. The highest BCUT2D eigenvalue weighted by Crippen LogP contribution is 2.38. The molecule has 1 heterocycles. The van der Waals surface area contributed by atoms with Gasteiger partial charge in [-0.05, 0) is 18.8 Å². The highest BCUT2D eigenvalue weighted by Gasteiger charge is 2.48. The average molecular weight is 217 g/mol. The first-order valence-corrected chi connectivity index (χ1v) is 6.74. The zero-order valence-corrected chi connectivity index (χ0v) is 8.85. The SMILES string of the molecule is NC1(C2CCCS(=O)(=O)C2)CC(=O)C1. The summed E-state index contributed by atoms with van der Waals surface area (Å²) in [6.07, 6.45) is 2.28. The van der Waals surface area contributed by atoms with Gasteiger partial charge in [0.2, 0.25) is 0 Å². The Balaban J connectivity index is 2.09. The minimum absolute atomic E-state index is 0.000972. The molecule has 0 bridgehead atoms. The number of hydrogen-bond donors (Lipinski definition) is 1. The molecule has 1 aliphatic heterocycles. The second-order valence-electron chi connectivity index (χ2n) is 4.58. The molecule has 5 heteroatoms. The van der Waals surface area contributed by atoms with Crippen LogP contribution in [0.15, 0.2) is 0 Å². The van der Waals surface area contributed by atoms with Crippen molar-refractivity contribution in [2.45, 2.75) is 31.2 Å². The number of hydrogen-bond acceptors (Lipinski definition) is 4. The molecule has 0 spiro atoms. The third-order valence-corrected chi connectivity index (χ3v) is 5.15. The van der Waals surface area contributed by atoms with Gasteiger partial charge in [-0.15, -0.1) is 0 Å². The topological polar surface area (TPSA) is 77.2 Å². The van der Waals surface area contributed by atoms with Gasteiger partial charge in [0.05, 0.1) is 11.5 Å². The van der Waals surface area contributed by atoms with E-state index in [1.807, 2.05) is 0 Å². The first-order chi connectivity index (χ1) is 6.41. The third kappa shape index (κ3) is 1.70. The summed E-state index contributed by atoms with van der Waals surface area (Å²) in [5, 5.41) is 0. The molecule has 1 atom stereocenters. The largest absolute Gasteiger partial charge is 0.324 e. The van der Waals surface area contributed by atoms with Gasteiger partial charge in [0.15, 0.2) is 9.84 Å². The molecule has 2 aliphatic rings. The molecule has 2 fully saturated rings. The predicted molar refractivity (Wildman–Crippen MR) is 52.5 cm³/mol. The number of sulfone groups is 1. The molecular formula is C9H15NO3S. The third-order valence-electron chi connectivity index (χ3n) is 3.33. The summed E-state index contributed by atoms with van der Waals surface area (Å²) >= 11 is 0. The van der Waals surface area contributed by atoms with Crippen molar-refractivity contribution in [1.29, 1.82) is 0 Å². The summed E-state index contributed by atoms with van der Waals surface area (Å²) in [7, 11) is -2.90.